The van der Waals surface area contributed by atoms with E-state index in [4.69, 9.17) is 10.5 Å². The number of amides is 1. The zero-order valence-corrected chi connectivity index (χ0v) is 10.0. The quantitative estimate of drug-likeness (QED) is 0.614. The number of rotatable bonds is 2. The average Bonchev–Trinajstić information content (AvgIpc) is 2.68. The monoisotopic (exact) mass is 252 g/mol. The van der Waals surface area contributed by atoms with Gasteiger partial charge < -0.3 is 25.6 Å². The van der Waals surface area contributed by atoms with Crippen LogP contribution in [0.25, 0.3) is 0 Å². The smallest absolute Gasteiger partial charge is 0.257 e. The van der Waals surface area contributed by atoms with Gasteiger partial charge in [-0.15, -0.1) is 0 Å². The van der Waals surface area contributed by atoms with Crippen molar-refractivity contribution in [3.05, 3.63) is 23.8 Å². The summed E-state index contributed by atoms with van der Waals surface area (Å²) >= 11 is 0. The Labute approximate surface area is 105 Å². The highest BCUT2D eigenvalue weighted by atomic mass is 16.5. The van der Waals surface area contributed by atoms with Crippen molar-refractivity contribution in [2.75, 3.05) is 25.9 Å². The summed E-state index contributed by atoms with van der Waals surface area (Å²) in [6.45, 7) is 0.218. The number of nitrogens with two attached hydrogens (primary N) is 1. The standard InChI is InChI=1S/C12H16N2O4/c1-18-11-3-2-7(13)4-8(11)12(17)14-5-9(15)10(16)6-14/h2-4,9-10,15-16H,5-6,13H2,1H3/t9-,10+. The third-order valence-corrected chi connectivity index (χ3v) is 3.00. The highest BCUT2D eigenvalue weighted by Crippen LogP contribution is 2.24. The molecule has 0 aliphatic carbocycles. The Morgan fingerprint density at radius 3 is 2.56 bits per heavy atom. The third kappa shape index (κ3) is 2.25. The molecule has 6 nitrogen and oxygen atoms in total. The van der Waals surface area contributed by atoms with Gasteiger partial charge >= 0.3 is 0 Å². The van der Waals surface area contributed by atoms with Gasteiger partial charge in [0.05, 0.1) is 24.9 Å². The molecule has 1 aromatic rings. The van der Waals surface area contributed by atoms with Crippen molar-refractivity contribution in [3.8, 4) is 5.75 Å². The molecule has 4 N–H and O–H groups in total. The predicted molar refractivity (Wildman–Crippen MR) is 65.3 cm³/mol. The first-order valence-corrected chi connectivity index (χ1v) is 5.62. The normalized spacial score (nSPS) is 23.2. The van der Waals surface area contributed by atoms with E-state index in [2.05, 4.69) is 0 Å². The number of hydrogen-bond acceptors (Lipinski definition) is 5. The Bertz CT molecular complexity index is 453. The molecule has 0 unspecified atom stereocenters. The Hall–Kier alpha value is -1.79. The maximum absolute atomic E-state index is 12.2. The van der Waals surface area contributed by atoms with E-state index >= 15 is 0 Å². The van der Waals surface area contributed by atoms with Crippen LogP contribution in [-0.2, 0) is 0 Å². The van der Waals surface area contributed by atoms with Crippen molar-refractivity contribution in [2.24, 2.45) is 0 Å². The van der Waals surface area contributed by atoms with E-state index in [-0.39, 0.29) is 19.0 Å². The second kappa shape index (κ2) is 4.83. The van der Waals surface area contributed by atoms with Crippen LogP contribution in [0.3, 0.4) is 0 Å². The summed E-state index contributed by atoms with van der Waals surface area (Å²) in [6.07, 6.45) is -1.80. The van der Waals surface area contributed by atoms with Gasteiger partial charge in [-0.05, 0) is 18.2 Å². The summed E-state index contributed by atoms with van der Waals surface area (Å²) in [5.74, 6) is 0.111. The molecule has 2 rings (SSSR count). The number of methoxy groups -OCH3 is 1. The largest absolute Gasteiger partial charge is 0.496 e. The van der Waals surface area contributed by atoms with Crippen LogP contribution < -0.4 is 10.5 Å². The Morgan fingerprint density at radius 2 is 2.00 bits per heavy atom. The van der Waals surface area contributed by atoms with Gasteiger partial charge in [-0.1, -0.05) is 0 Å². The number of aliphatic hydroxyl groups excluding tert-OH is 2. The van der Waals surface area contributed by atoms with Crippen molar-refractivity contribution in [3.63, 3.8) is 0 Å². The summed E-state index contributed by atoms with van der Waals surface area (Å²) in [5.41, 5.74) is 6.44. The van der Waals surface area contributed by atoms with Crippen LogP contribution >= 0.6 is 0 Å². The molecule has 0 aromatic heterocycles. The van der Waals surface area contributed by atoms with Gasteiger partial charge in [0.1, 0.15) is 5.75 Å². The molecule has 2 atom stereocenters. The minimum Gasteiger partial charge on any atom is -0.496 e. The molecular weight excluding hydrogens is 236 g/mol. The van der Waals surface area contributed by atoms with E-state index < -0.39 is 12.2 Å². The van der Waals surface area contributed by atoms with Crippen LogP contribution in [0.2, 0.25) is 0 Å². The number of hydrogen-bond donors (Lipinski definition) is 3. The van der Waals surface area contributed by atoms with Crippen molar-refractivity contribution >= 4 is 11.6 Å². The minimum atomic E-state index is -0.902. The van der Waals surface area contributed by atoms with Crippen LogP contribution in [-0.4, -0.2) is 53.4 Å². The number of carbonyl (C=O) groups is 1. The lowest BCUT2D eigenvalue weighted by molar-refractivity contribution is 0.0572. The van der Waals surface area contributed by atoms with Gasteiger partial charge in [-0.2, -0.15) is 0 Å². The summed E-state index contributed by atoms with van der Waals surface area (Å²) in [4.78, 5) is 13.6. The third-order valence-electron chi connectivity index (χ3n) is 3.00. The molecule has 1 saturated heterocycles. The summed E-state index contributed by atoms with van der Waals surface area (Å²) in [6, 6.07) is 4.78. The number of aliphatic hydroxyl groups is 2. The SMILES string of the molecule is COc1ccc(N)cc1C(=O)N1C[C@@H](O)[C@@H](O)C1. The van der Waals surface area contributed by atoms with E-state index in [1.807, 2.05) is 0 Å². The Kier molecular flexibility index (Phi) is 3.40. The first kappa shape index (κ1) is 12.7. The van der Waals surface area contributed by atoms with Crippen LogP contribution in [0, 0.1) is 0 Å². The van der Waals surface area contributed by atoms with Crippen LogP contribution in [0.15, 0.2) is 18.2 Å². The number of likely N-dealkylation sites (tertiary alicyclic amines) is 1. The van der Waals surface area contributed by atoms with E-state index in [9.17, 15) is 15.0 Å². The highest BCUT2D eigenvalue weighted by molar-refractivity contribution is 5.98. The minimum absolute atomic E-state index is 0.109. The molecular formula is C12H16N2O4. The van der Waals surface area contributed by atoms with Crippen molar-refractivity contribution in [1.82, 2.24) is 4.90 Å². The number of nitrogen functional groups attached to an aromatic ring is 1. The summed E-state index contributed by atoms with van der Waals surface area (Å²) in [7, 11) is 1.47. The first-order valence-electron chi connectivity index (χ1n) is 5.62. The zero-order chi connectivity index (χ0) is 13.3. The predicted octanol–water partition coefficient (Wildman–Crippen LogP) is -0.545. The second-order valence-corrected chi connectivity index (χ2v) is 4.30. The van der Waals surface area contributed by atoms with E-state index in [0.29, 0.717) is 17.0 Å². The van der Waals surface area contributed by atoms with E-state index in [0.717, 1.165) is 0 Å². The number of carbonyl (C=O) groups excluding carboxylic acids is 1. The lowest BCUT2D eigenvalue weighted by atomic mass is 10.1. The fourth-order valence-electron chi connectivity index (χ4n) is 2.00. The number of nitrogens with zero attached hydrogens (tertiary/aromatic N) is 1. The molecule has 6 heteroatoms. The molecule has 0 saturated carbocycles. The molecule has 0 spiro atoms. The Balaban J connectivity index is 2.26. The zero-order valence-electron chi connectivity index (χ0n) is 10.0. The maximum atomic E-state index is 12.2. The van der Waals surface area contributed by atoms with Crippen molar-refractivity contribution in [1.29, 1.82) is 0 Å². The van der Waals surface area contributed by atoms with Crippen LogP contribution in [0.5, 0.6) is 5.75 Å². The molecule has 1 aliphatic heterocycles. The lowest BCUT2D eigenvalue weighted by Crippen LogP contribution is -2.30. The number of anilines is 1. The van der Waals surface area contributed by atoms with Gasteiger partial charge in [-0.3, -0.25) is 4.79 Å². The lowest BCUT2D eigenvalue weighted by Gasteiger charge is -2.17. The molecule has 0 radical (unpaired) electrons. The van der Waals surface area contributed by atoms with Gasteiger partial charge in [-0.25, -0.2) is 0 Å². The van der Waals surface area contributed by atoms with Crippen molar-refractivity contribution in [2.45, 2.75) is 12.2 Å². The first-order chi connectivity index (χ1) is 8.52. The molecule has 18 heavy (non-hydrogen) atoms. The van der Waals surface area contributed by atoms with Gasteiger partial charge in [0.25, 0.3) is 5.91 Å². The topological polar surface area (TPSA) is 96.0 Å². The van der Waals surface area contributed by atoms with Gasteiger partial charge in [0, 0.05) is 18.8 Å². The van der Waals surface area contributed by atoms with Crippen LogP contribution in [0.4, 0.5) is 5.69 Å². The summed E-state index contributed by atoms with van der Waals surface area (Å²) < 4.78 is 5.11. The number of benzene rings is 1. The molecule has 1 fully saturated rings. The number of ether oxygens (including phenoxy) is 1. The summed E-state index contributed by atoms with van der Waals surface area (Å²) in [5, 5.41) is 18.9. The maximum Gasteiger partial charge on any atom is 0.257 e. The van der Waals surface area contributed by atoms with E-state index in [1.165, 1.54) is 18.1 Å². The fraction of sp³-hybridized carbons (Fsp3) is 0.417. The van der Waals surface area contributed by atoms with Crippen molar-refractivity contribution < 1.29 is 19.7 Å². The molecule has 0 bridgehead atoms. The molecule has 1 heterocycles. The van der Waals surface area contributed by atoms with Crippen LogP contribution in [0.1, 0.15) is 10.4 Å². The second-order valence-electron chi connectivity index (χ2n) is 4.30. The molecule has 1 aliphatic rings. The van der Waals surface area contributed by atoms with Gasteiger partial charge in [0.15, 0.2) is 0 Å². The fourth-order valence-corrected chi connectivity index (χ4v) is 2.00. The average molecular weight is 252 g/mol. The highest BCUT2D eigenvalue weighted by Gasteiger charge is 2.33. The van der Waals surface area contributed by atoms with Gasteiger partial charge in [0.2, 0.25) is 0 Å². The molecule has 1 aromatic carbocycles. The number of β-amino-alcohol motifs (C(OH)–C–C–N with tert-alkyl or cyclic N) is 2. The molecule has 1 amide bonds. The van der Waals surface area contributed by atoms with E-state index in [1.54, 1.807) is 12.1 Å². The Morgan fingerprint density at radius 1 is 1.39 bits per heavy atom. The molecule has 98 valence electrons.